The number of esters is 1. The highest BCUT2D eigenvalue weighted by Crippen LogP contribution is 2.52. The smallest absolute Gasteiger partial charge is 0.312 e. The number of epoxide rings is 1. The lowest BCUT2D eigenvalue weighted by Crippen LogP contribution is -2.43. The summed E-state index contributed by atoms with van der Waals surface area (Å²) in [6.45, 7) is 0. The first-order valence-corrected chi connectivity index (χ1v) is 7.00. The van der Waals surface area contributed by atoms with E-state index in [2.05, 4.69) is 0 Å². The van der Waals surface area contributed by atoms with E-state index in [-0.39, 0.29) is 11.4 Å². The molecule has 1 aliphatic heterocycles. The zero-order valence-electron chi connectivity index (χ0n) is 10.6. The first-order chi connectivity index (χ1) is 8.26. The lowest BCUT2D eigenvalue weighted by molar-refractivity contribution is -0.160. The van der Waals surface area contributed by atoms with Gasteiger partial charge in [0.05, 0.1) is 24.7 Å². The molecule has 0 N–H and O–H groups in total. The Labute approximate surface area is 103 Å². The summed E-state index contributed by atoms with van der Waals surface area (Å²) in [7, 11) is 1.54. The largest absolute Gasteiger partial charge is 0.469 e. The third-order valence-electron chi connectivity index (χ3n) is 5.12. The fraction of sp³-hybridized carbons (Fsp3) is 0.929. The van der Waals surface area contributed by atoms with Crippen molar-refractivity contribution in [1.82, 2.24) is 0 Å². The molecule has 17 heavy (non-hydrogen) atoms. The van der Waals surface area contributed by atoms with Crippen LogP contribution in [0.25, 0.3) is 0 Å². The molecule has 0 aromatic rings. The molecule has 3 unspecified atom stereocenters. The van der Waals surface area contributed by atoms with Crippen LogP contribution in [0.2, 0.25) is 0 Å². The van der Waals surface area contributed by atoms with E-state index >= 15 is 0 Å². The summed E-state index contributed by atoms with van der Waals surface area (Å²) in [5.74, 6) is 0.542. The second-order valence-corrected chi connectivity index (χ2v) is 5.93. The van der Waals surface area contributed by atoms with E-state index in [0.717, 1.165) is 32.1 Å². The molecule has 1 saturated heterocycles. The molecule has 0 radical (unpaired) electrons. The molecule has 3 heteroatoms. The maximum Gasteiger partial charge on any atom is 0.312 e. The average molecular weight is 238 g/mol. The Morgan fingerprint density at radius 3 is 2.59 bits per heavy atom. The first kappa shape index (κ1) is 11.5. The van der Waals surface area contributed by atoms with Crippen molar-refractivity contribution in [2.45, 2.75) is 63.6 Å². The number of methoxy groups -OCH3 is 1. The Kier molecular flexibility index (Phi) is 2.89. The molecule has 2 aliphatic carbocycles. The van der Waals surface area contributed by atoms with Gasteiger partial charge in [0.1, 0.15) is 0 Å². The van der Waals surface area contributed by atoms with E-state index in [4.69, 9.17) is 9.47 Å². The van der Waals surface area contributed by atoms with Crippen LogP contribution < -0.4 is 0 Å². The summed E-state index contributed by atoms with van der Waals surface area (Å²) < 4.78 is 10.7. The van der Waals surface area contributed by atoms with Crippen molar-refractivity contribution in [3.05, 3.63) is 0 Å². The Morgan fingerprint density at radius 1 is 1.18 bits per heavy atom. The lowest BCUT2D eigenvalue weighted by atomic mass is 9.62. The molecule has 0 spiro atoms. The third kappa shape index (κ3) is 1.88. The van der Waals surface area contributed by atoms with Gasteiger partial charge in [-0.3, -0.25) is 4.79 Å². The van der Waals surface area contributed by atoms with Crippen LogP contribution in [0.15, 0.2) is 0 Å². The van der Waals surface area contributed by atoms with Gasteiger partial charge in [0.25, 0.3) is 0 Å². The summed E-state index contributed by atoms with van der Waals surface area (Å²) in [6.07, 6.45) is 10.0. The van der Waals surface area contributed by atoms with Gasteiger partial charge in [0.2, 0.25) is 0 Å². The van der Waals surface area contributed by atoms with E-state index in [1.165, 1.54) is 26.4 Å². The number of ether oxygens (including phenoxy) is 2. The number of fused-ring (bicyclic) bond motifs is 1. The van der Waals surface area contributed by atoms with Gasteiger partial charge in [0, 0.05) is 0 Å². The van der Waals surface area contributed by atoms with Crippen molar-refractivity contribution in [1.29, 1.82) is 0 Å². The molecule has 0 aromatic carbocycles. The van der Waals surface area contributed by atoms with Crippen molar-refractivity contribution in [3.8, 4) is 0 Å². The van der Waals surface area contributed by atoms with Crippen molar-refractivity contribution >= 4 is 5.97 Å². The summed E-state index contributed by atoms with van der Waals surface area (Å²) in [5.41, 5.74) is -0.177. The van der Waals surface area contributed by atoms with Gasteiger partial charge in [-0.25, -0.2) is 0 Å². The Balaban J connectivity index is 1.79. The molecule has 0 amide bonds. The molecule has 0 aromatic heterocycles. The van der Waals surface area contributed by atoms with Crippen molar-refractivity contribution in [2.24, 2.45) is 11.3 Å². The Bertz CT molecular complexity index is 307. The third-order valence-corrected chi connectivity index (χ3v) is 5.12. The van der Waals surface area contributed by atoms with Crippen molar-refractivity contribution in [2.75, 3.05) is 7.11 Å². The van der Waals surface area contributed by atoms with Crippen LogP contribution in [0.5, 0.6) is 0 Å². The topological polar surface area (TPSA) is 38.8 Å². The van der Waals surface area contributed by atoms with Crippen LogP contribution in [-0.4, -0.2) is 25.3 Å². The zero-order chi connectivity index (χ0) is 11.9. The highest BCUT2D eigenvalue weighted by atomic mass is 16.6. The monoisotopic (exact) mass is 238 g/mol. The van der Waals surface area contributed by atoms with Crippen LogP contribution >= 0.6 is 0 Å². The van der Waals surface area contributed by atoms with E-state index in [1.54, 1.807) is 0 Å². The van der Waals surface area contributed by atoms with Gasteiger partial charge in [-0.1, -0.05) is 19.3 Å². The fourth-order valence-corrected chi connectivity index (χ4v) is 4.07. The van der Waals surface area contributed by atoms with E-state index in [1.807, 2.05) is 0 Å². The van der Waals surface area contributed by atoms with Crippen LogP contribution in [0, 0.1) is 11.3 Å². The molecule has 96 valence electrons. The maximum atomic E-state index is 12.2. The quantitative estimate of drug-likeness (QED) is 0.548. The van der Waals surface area contributed by atoms with E-state index in [0.29, 0.717) is 18.1 Å². The molecule has 3 aliphatic rings. The first-order valence-electron chi connectivity index (χ1n) is 7.00. The summed E-state index contributed by atoms with van der Waals surface area (Å²) >= 11 is 0. The van der Waals surface area contributed by atoms with Gasteiger partial charge in [-0.15, -0.1) is 0 Å². The molecular formula is C14H22O3. The Morgan fingerprint density at radius 2 is 1.94 bits per heavy atom. The van der Waals surface area contributed by atoms with Crippen LogP contribution in [0.1, 0.15) is 51.4 Å². The Hall–Kier alpha value is -0.570. The molecule has 3 nitrogen and oxygen atoms in total. The molecular weight excluding hydrogens is 216 g/mol. The number of rotatable bonds is 2. The van der Waals surface area contributed by atoms with Crippen LogP contribution in [0.4, 0.5) is 0 Å². The van der Waals surface area contributed by atoms with E-state index < -0.39 is 0 Å². The molecule has 3 fully saturated rings. The SMILES string of the molecule is COC(=O)C1(C2CCC3OC3C2)CCCCC1. The standard InChI is InChI=1S/C14H22O3/c1-16-13(15)14(7-3-2-4-8-14)10-5-6-11-12(9-10)17-11/h10-12H,2-9H2,1H3. The van der Waals surface area contributed by atoms with Gasteiger partial charge >= 0.3 is 5.97 Å². The molecule has 0 bridgehead atoms. The van der Waals surface area contributed by atoms with E-state index in [9.17, 15) is 4.79 Å². The summed E-state index contributed by atoms with van der Waals surface area (Å²) in [6, 6.07) is 0. The maximum absolute atomic E-state index is 12.2. The van der Waals surface area contributed by atoms with Gasteiger partial charge in [0.15, 0.2) is 0 Å². The van der Waals surface area contributed by atoms with Crippen molar-refractivity contribution in [3.63, 3.8) is 0 Å². The zero-order valence-corrected chi connectivity index (χ0v) is 10.6. The second-order valence-electron chi connectivity index (χ2n) is 5.93. The van der Waals surface area contributed by atoms with Gasteiger partial charge < -0.3 is 9.47 Å². The predicted molar refractivity (Wildman–Crippen MR) is 63.5 cm³/mol. The van der Waals surface area contributed by atoms with Crippen LogP contribution in [0.3, 0.4) is 0 Å². The minimum atomic E-state index is -0.177. The lowest BCUT2D eigenvalue weighted by Gasteiger charge is -2.42. The fourth-order valence-electron chi connectivity index (χ4n) is 4.07. The number of hydrogen-bond donors (Lipinski definition) is 0. The molecule has 3 atom stereocenters. The minimum absolute atomic E-state index is 0.0429. The molecule has 3 rings (SSSR count). The molecule has 1 heterocycles. The summed E-state index contributed by atoms with van der Waals surface area (Å²) in [4.78, 5) is 12.2. The van der Waals surface area contributed by atoms with Gasteiger partial charge in [-0.2, -0.15) is 0 Å². The minimum Gasteiger partial charge on any atom is -0.469 e. The van der Waals surface area contributed by atoms with Gasteiger partial charge in [-0.05, 0) is 38.0 Å². The second kappa shape index (κ2) is 4.27. The molecule has 2 saturated carbocycles. The highest BCUT2D eigenvalue weighted by Gasteiger charge is 2.53. The average Bonchev–Trinajstić information content (AvgIpc) is 3.16. The predicted octanol–water partition coefficient (Wildman–Crippen LogP) is 2.68. The number of carbonyl (C=O) groups is 1. The summed E-state index contributed by atoms with van der Waals surface area (Å²) in [5, 5.41) is 0. The number of hydrogen-bond acceptors (Lipinski definition) is 3. The highest BCUT2D eigenvalue weighted by molar-refractivity contribution is 5.77. The normalized spacial score (nSPS) is 39.2. The van der Waals surface area contributed by atoms with Crippen LogP contribution in [-0.2, 0) is 14.3 Å². The number of carbonyl (C=O) groups excluding carboxylic acids is 1. The van der Waals surface area contributed by atoms with Crippen molar-refractivity contribution < 1.29 is 14.3 Å².